The van der Waals surface area contributed by atoms with Gasteiger partial charge in [0.2, 0.25) is 5.91 Å². The number of benzene rings is 1. The van der Waals surface area contributed by atoms with E-state index in [9.17, 15) is 9.59 Å². The number of H-pyrrole nitrogens is 1. The molecular formula is C17H21N3O3. The van der Waals surface area contributed by atoms with Crippen LogP contribution < -0.4 is 10.5 Å². The van der Waals surface area contributed by atoms with E-state index in [1.165, 1.54) is 0 Å². The van der Waals surface area contributed by atoms with Crippen molar-refractivity contribution in [1.82, 2.24) is 9.88 Å². The van der Waals surface area contributed by atoms with E-state index < -0.39 is 0 Å². The number of aromatic nitrogens is 1. The second-order valence-corrected chi connectivity index (χ2v) is 6.07. The molecule has 6 heteroatoms. The molecule has 6 nitrogen and oxygen atoms in total. The van der Waals surface area contributed by atoms with Gasteiger partial charge in [0.15, 0.2) is 0 Å². The highest BCUT2D eigenvalue weighted by Crippen LogP contribution is 2.24. The number of carbonyl (C=O) groups is 2. The molecule has 1 saturated heterocycles. The van der Waals surface area contributed by atoms with Crippen LogP contribution >= 0.6 is 0 Å². The van der Waals surface area contributed by atoms with Crippen molar-refractivity contribution in [1.29, 1.82) is 0 Å². The van der Waals surface area contributed by atoms with Gasteiger partial charge in [-0.3, -0.25) is 9.59 Å². The van der Waals surface area contributed by atoms with Gasteiger partial charge in [-0.2, -0.15) is 0 Å². The minimum Gasteiger partial charge on any atom is -0.497 e. The zero-order valence-electron chi connectivity index (χ0n) is 13.2. The highest BCUT2D eigenvalue weighted by atomic mass is 16.5. The van der Waals surface area contributed by atoms with Gasteiger partial charge in [0, 0.05) is 36.5 Å². The summed E-state index contributed by atoms with van der Waals surface area (Å²) in [4.78, 5) is 28.8. The van der Waals surface area contributed by atoms with Crippen molar-refractivity contribution in [2.45, 2.75) is 19.3 Å². The normalized spacial score (nSPS) is 18.1. The zero-order valence-corrected chi connectivity index (χ0v) is 13.2. The first-order chi connectivity index (χ1) is 11.1. The lowest BCUT2D eigenvalue weighted by Crippen LogP contribution is -2.41. The minimum absolute atomic E-state index is 0.0330. The maximum absolute atomic E-state index is 12.7. The number of amides is 2. The lowest BCUT2D eigenvalue weighted by Gasteiger charge is -2.32. The summed E-state index contributed by atoms with van der Waals surface area (Å²) >= 11 is 0. The van der Waals surface area contributed by atoms with Crippen LogP contribution in [0.2, 0.25) is 0 Å². The number of carbonyl (C=O) groups excluding carboxylic acids is 2. The number of aromatic amines is 1. The number of piperidine rings is 1. The molecule has 3 rings (SSSR count). The van der Waals surface area contributed by atoms with Crippen LogP contribution in [0.15, 0.2) is 24.3 Å². The smallest absolute Gasteiger partial charge is 0.270 e. The van der Waals surface area contributed by atoms with Crippen LogP contribution in [0.1, 0.15) is 29.8 Å². The maximum Gasteiger partial charge on any atom is 0.270 e. The van der Waals surface area contributed by atoms with Crippen molar-refractivity contribution < 1.29 is 14.3 Å². The third-order valence-electron chi connectivity index (χ3n) is 4.36. The van der Waals surface area contributed by atoms with Gasteiger partial charge in [0.1, 0.15) is 11.4 Å². The molecule has 2 aromatic rings. The summed E-state index contributed by atoms with van der Waals surface area (Å²) < 4.78 is 5.20. The highest BCUT2D eigenvalue weighted by molar-refractivity contribution is 5.98. The molecular weight excluding hydrogens is 294 g/mol. The molecule has 2 heterocycles. The minimum atomic E-state index is -0.304. The quantitative estimate of drug-likeness (QED) is 0.903. The number of nitrogens with two attached hydrogens (primary N) is 1. The molecule has 1 aromatic heterocycles. The molecule has 3 N–H and O–H groups in total. The number of fused-ring (bicyclic) bond motifs is 1. The van der Waals surface area contributed by atoms with E-state index in [4.69, 9.17) is 10.5 Å². The van der Waals surface area contributed by atoms with Crippen molar-refractivity contribution in [2.24, 2.45) is 11.7 Å². The van der Waals surface area contributed by atoms with Crippen molar-refractivity contribution in [2.75, 3.05) is 20.2 Å². The van der Waals surface area contributed by atoms with Crippen LogP contribution in [-0.4, -0.2) is 41.9 Å². The second kappa shape index (κ2) is 6.32. The lowest BCUT2D eigenvalue weighted by molar-refractivity contribution is -0.119. The second-order valence-electron chi connectivity index (χ2n) is 6.07. The molecule has 0 aliphatic carbocycles. The van der Waals surface area contributed by atoms with E-state index in [0.717, 1.165) is 29.5 Å². The number of methoxy groups -OCH3 is 1. The van der Waals surface area contributed by atoms with Gasteiger partial charge in [-0.15, -0.1) is 0 Å². The summed E-state index contributed by atoms with van der Waals surface area (Å²) in [5, 5.41) is 0.972. The Morgan fingerprint density at radius 1 is 1.39 bits per heavy atom. The zero-order chi connectivity index (χ0) is 16.4. The Morgan fingerprint density at radius 2 is 2.22 bits per heavy atom. The SMILES string of the molecule is COc1ccc2cc(C(=O)N3CCC[C@@H](CC(N)=O)C3)[nH]c2c1. The Labute approximate surface area is 134 Å². The maximum atomic E-state index is 12.7. The molecule has 0 radical (unpaired) electrons. The molecule has 0 saturated carbocycles. The van der Waals surface area contributed by atoms with Crippen molar-refractivity contribution in [3.05, 3.63) is 30.0 Å². The van der Waals surface area contributed by atoms with Crippen LogP contribution in [-0.2, 0) is 4.79 Å². The third kappa shape index (κ3) is 3.31. The van der Waals surface area contributed by atoms with E-state index in [-0.39, 0.29) is 17.7 Å². The fourth-order valence-electron chi connectivity index (χ4n) is 3.22. The summed E-state index contributed by atoms with van der Waals surface area (Å²) in [5.74, 6) is 0.573. The van der Waals surface area contributed by atoms with Crippen LogP contribution in [0.5, 0.6) is 5.75 Å². The summed E-state index contributed by atoms with van der Waals surface area (Å²) in [6.07, 6.45) is 2.18. The molecule has 1 atom stereocenters. The summed E-state index contributed by atoms with van der Waals surface area (Å²) in [6.45, 7) is 1.30. The Hall–Kier alpha value is -2.50. The molecule has 1 aliphatic rings. The Morgan fingerprint density at radius 3 is 2.96 bits per heavy atom. The summed E-state index contributed by atoms with van der Waals surface area (Å²) in [7, 11) is 1.61. The third-order valence-corrected chi connectivity index (χ3v) is 4.36. The Bertz CT molecular complexity index is 738. The van der Waals surface area contributed by atoms with Gasteiger partial charge in [0.25, 0.3) is 5.91 Å². The van der Waals surface area contributed by atoms with E-state index in [2.05, 4.69) is 4.98 Å². The molecule has 122 valence electrons. The van der Waals surface area contributed by atoms with E-state index in [0.29, 0.717) is 25.2 Å². The first kappa shape index (κ1) is 15.4. The summed E-state index contributed by atoms with van der Waals surface area (Å²) in [5.41, 5.74) is 6.71. The number of likely N-dealkylation sites (tertiary alicyclic amines) is 1. The standard InChI is InChI=1S/C17H21N3O3/c1-23-13-5-4-12-8-15(19-14(12)9-13)17(22)20-6-2-3-11(10-20)7-16(18)21/h4-5,8-9,11,19H,2-3,6-7,10H2,1H3,(H2,18,21)/t11-/m0/s1. The predicted octanol–water partition coefficient (Wildman–Crippen LogP) is 1.90. The van der Waals surface area contributed by atoms with E-state index in [1.807, 2.05) is 24.3 Å². The first-order valence-electron chi connectivity index (χ1n) is 7.81. The van der Waals surface area contributed by atoms with Crippen LogP contribution in [0.4, 0.5) is 0 Å². The highest BCUT2D eigenvalue weighted by Gasteiger charge is 2.26. The van der Waals surface area contributed by atoms with Gasteiger partial charge in [-0.25, -0.2) is 0 Å². The first-order valence-corrected chi connectivity index (χ1v) is 7.81. The average molecular weight is 315 g/mol. The van der Waals surface area contributed by atoms with Crippen molar-refractivity contribution in [3.63, 3.8) is 0 Å². The fraction of sp³-hybridized carbons (Fsp3) is 0.412. The monoisotopic (exact) mass is 315 g/mol. The van der Waals surface area contributed by atoms with E-state index in [1.54, 1.807) is 12.0 Å². The molecule has 1 aromatic carbocycles. The van der Waals surface area contributed by atoms with Gasteiger partial charge >= 0.3 is 0 Å². The van der Waals surface area contributed by atoms with Crippen LogP contribution in [0.3, 0.4) is 0 Å². The largest absolute Gasteiger partial charge is 0.497 e. The number of ether oxygens (including phenoxy) is 1. The molecule has 23 heavy (non-hydrogen) atoms. The van der Waals surface area contributed by atoms with Gasteiger partial charge in [0.05, 0.1) is 7.11 Å². The predicted molar refractivity (Wildman–Crippen MR) is 87.3 cm³/mol. The number of hydrogen-bond acceptors (Lipinski definition) is 3. The van der Waals surface area contributed by atoms with E-state index >= 15 is 0 Å². The Kier molecular flexibility index (Phi) is 4.23. The molecule has 2 amide bonds. The number of primary amides is 1. The topological polar surface area (TPSA) is 88.4 Å². The van der Waals surface area contributed by atoms with Crippen LogP contribution in [0, 0.1) is 5.92 Å². The van der Waals surface area contributed by atoms with Gasteiger partial charge in [-0.1, -0.05) is 0 Å². The number of rotatable bonds is 4. The molecule has 0 spiro atoms. The van der Waals surface area contributed by atoms with Crippen molar-refractivity contribution in [3.8, 4) is 5.75 Å². The number of nitrogens with zero attached hydrogens (tertiary/aromatic N) is 1. The molecule has 0 bridgehead atoms. The fourth-order valence-corrected chi connectivity index (χ4v) is 3.22. The number of hydrogen-bond donors (Lipinski definition) is 2. The van der Waals surface area contributed by atoms with Gasteiger partial charge in [-0.05, 0) is 37.0 Å². The summed E-state index contributed by atoms with van der Waals surface area (Å²) in [6, 6.07) is 7.52. The molecule has 0 unspecified atom stereocenters. The average Bonchev–Trinajstić information content (AvgIpc) is 2.96. The number of nitrogens with one attached hydrogen (secondary N) is 1. The molecule has 1 aliphatic heterocycles. The lowest BCUT2D eigenvalue weighted by atomic mass is 9.94. The van der Waals surface area contributed by atoms with Gasteiger partial charge < -0.3 is 20.4 Å². The van der Waals surface area contributed by atoms with Crippen molar-refractivity contribution >= 4 is 22.7 Å². The van der Waals surface area contributed by atoms with Crippen LogP contribution in [0.25, 0.3) is 10.9 Å². The molecule has 1 fully saturated rings. The Balaban J connectivity index is 1.78.